The first-order chi connectivity index (χ1) is 62.7. The first kappa shape index (κ1) is 103. The number of aryl methyl sites for hydroxylation is 5. The van der Waals surface area contributed by atoms with Crippen LogP contribution in [0.5, 0.6) is 40.2 Å². The maximum absolute atomic E-state index is 12.7. The number of aliphatic hydroxyl groups is 7. The molecule has 0 radical (unpaired) electrons. The highest BCUT2D eigenvalue weighted by Crippen LogP contribution is 2.57. The van der Waals surface area contributed by atoms with Crippen molar-refractivity contribution in [1.82, 2.24) is 0 Å². The molecule has 5 aromatic rings. The van der Waals surface area contributed by atoms with E-state index in [0.717, 1.165) is 148 Å². The van der Waals surface area contributed by atoms with Crippen molar-refractivity contribution in [1.29, 1.82) is 0 Å². The van der Waals surface area contributed by atoms with Crippen LogP contribution in [0.2, 0.25) is 0 Å². The van der Waals surface area contributed by atoms with Crippen LogP contribution in [-0.2, 0) is 44.6 Å². The van der Waals surface area contributed by atoms with Crippen LogP contribution in [0.25, 0.3) is 0 Å². The van der Waals surface area contributed by atoms with Crippen LogP contribution in [-0.4, -0.2) is 170 Å². The first-order valence-corrected chi connectivity index (χ1v) is 51.4. The quantitative estimate of drug-likeness (QED) is 0.0388. The Morgan fingerprint density at radius 3 is 1.78 bits per heavy atom. The zero-order valence-electron chi connectivity index (χ0n) is 82.0. The second-order valence-electron chi connectivity index (χ2n) is 43.2. The monoisotopic (exact) mass is 1810 g/mol. The molecule has 13 rings (SSSR count). The zero-order chi connectivity index (χ0) is 92.9. The SMILES string of the molecule is COC[C@H](CCO)[C@@H]1CCC[C@H]([C@@H]2CCC(O)C[C@@H]2C)c2cc(c(C)cc2O)[C@H]([C@H]2CC(O)C[C@@H](C)C2)CCC[C@H]([C@H](O)OC)c2cc(c(OC)cc2O)[C@H](c2ccc(OC)cc2OC)CCC[C@H]([C@@H]2CC(O)C(C)(C)C2)[C@H]2C[C@@H]1[C@@H](O)C[C@H]2OC.COc1cc(O)c2cc1CCCCCC1CC(CCCCCc3cccc(c3)CCC3CCCC(CC2)C3)C(O)CC1OC. The van der Waals surface area contributed by atoms with Gasteiger partial charge in [-0.1, -0.05) is 128 Å². The van der Waals surface area contributed by atoms with Gasteiger partial charge in [-0.3, -0.25) is 0 Å². The van der Waals surface area contributed by atoms with Gasteiger partial charge >= 0.3 is 0 Å². The van der Waals surface area contributed by atoms with Gasteiger partial charge < -0.3 is 89.0 Å². The highest BCUT2D eigenvalue weighted by Gasteiger charge is 2.51. The molecule has 0 amide bonds. The fourth-order valence-electron chi connectivity index (χ4n) is 27.3. The van der Waals surface area contributed by atoms with Crippen LogP contribution in [0, 0.1) is 95.2 Å². The Hall–Kier alpha value is -5.74. The fraction of sp³-hybridized carbons (Fsp3) is 0.732. The van der Waals surface area contributed by atoms with E-state index in [1.54, 1.807) is 48.7 Å². The van der Waals surface area contributed by atoms with Gasteiger partial charge in [0.25, 0.3) is 0 Å². The zero-order valence-corrected chi connectivity index (χ0v) is 82.0. The van der Waals surface area contributed by atoms with E-state index in [1.807, 2.05) is 37.4 Å². The molecule has 0 spiro atoms. The maximum Gasteiger partial charge on any atom is 0.161 e. The second-order valence-corrected chi connectivity index (χ2v) is 43.2. The van der Waals surface area contributed by atoms with Gasteiger partial charge in [0.15, 0.2) is 6.29 Å². The molecule has 0 heterocycles. The number of phenols is 3. The van der Waals surface area contributed by atoms with E-state index in [-0.39, 0.29) is 119 Å². The van der Waals surface area contributed by atoms with E-state index in [1.165, 1.54) is 119 Å². The van der Waals surface area contributed by atoms with Crippen LogP contribution in [0.1, 0.15) is 338 Å². The second kappa shape index (κ2) is 49.8. The molecule has 8 aliphatic carbocycles. The van der Waals surface area contributed by atoms with Gasteiger partial charge in [-0.25, -0.2) is 0 Å². The van der Waals surface area contributed by atoms with E-state index >= 15 is 0 Å². The number of hydrogen-bond acceptors (Lipinski definition) is 18. The number of phenolic OH excluding ortho intramolecular Hbond substituents is 3. The van der Waals surface area contributed by atoms with Gasteiger partial charge in [0.2, 0.25) is 0 Å². The summed E-state index contributed by atoms with van der Waals surface area (Å²) in [5.74, 6) is 5.88. The molecule has 5 aromatic carbocycles. The van der Waals surface area contributed by atoms with Gasteiger partial charge in [-0.05, 0) is 350 Å². The minimum atomic E-state index is -1.25. The number of aromatic hydroxyl groups is 3. The predicted octanol–water partition coefficient (Wildman–Crippen LogP) is 22.1. The van der Waals surface area contributed by atoms with Crippen molar-refractivity contribution in [2.75, 3.05) is 70.1 Å². The lowest BCUT2D eigenvalue weighted by molar-refractivity contribution is -0.104. The molecule has 728 valence electrons. The van der Waals surface area contributed by atoms with Crippen molar-refractivity contribution in [2.45, 2.75) is 364 Å². The molecule has 0 aromatic heterocycles. The lowest BCUT2D eigenvalue weighted by atomic mass is 9.61. The Morgan fingerprint density at radius 1 is 0.431 bits per heavy atom. The number of rotatable bonds is 17. The number of methoxy groups -OCH3 is 8. The molecule has 6 saturated carbocycles. The van der Waals surface area contributed by atoms with Gasteiger partial charge in [-0.15, -0.1) is 0 Å². The van der Waals surface area contributed by atoms with E-state index in [4.69, 9.17) is 37.9 Å². The van der Waals surface area contributed by atoms with Crippen LogP contribution in [0.4, 0.5) is 0 Å². The third kappa shape index (κ3) is 26.7. The molecule has 14 bridgehead atoms. The molecule has 0 saturated heterocycles. The molecule has 130 heavy (non-hydrogen) atoms. The van der Waals surface area contributed by atoms with Crippen LogP contribution >= 0.6 is 0 Å². The summed E-state index contributed by atoms with van der Waals surface area (Å²) in [6.45, 7) is 11.4. The van der Waals surface area contributed by atoms with Crippen molar-refractivity contribution in [3.05, 3.63) is 134 Å². The van der Waals surface area contributed by atoms with E-state index in [9.17, 15) is 51.1 Å². The lowest BCUT2D eigenvalue weighted by Crippen LogP contribution is -2.48. The van der Waals surface area contributed by atoms with E-state index < -0.39 is 30.5 Å². The predicted molar refractivity (Wildman–Crippen MR) is 517 cm³/mol. The molecule has 6 fully saturated rings. The largest absolute Gasteiger partial charge is 0.508 e. The normalized spacial score (nSPS) is 33.3. The summed E-state index contributed by atoms with van der Waals surface area (Å²) >= 11 is 0. The molecular weight excluding hydrogens is 1630 g/mol. The number of fused-ring (bicyclic) bond motifs is 14. The third-order valence-corrected chi connectivity index (χ3v) is 34.4. The summed E-state index contributed by atoms with van der Waals surface area (Å²) in [6, 6.07) is 27.3. The highest BCUT2D eigenvalue weighted by atomic mass is 16.6. The minimum absolute atomic E-state index is 0.00125. The number of hydrogen-bond donors (Lipinski definition) is 10. The molecule has 26 atom stereocenters. The summed E-state index contributed by atoms with van der Waals surface area (Å²) in [5, 5.41) is 116. The summed E-state index contributed by atoms with van der Waals surface area (Å²) in [6.07, 6.45) is 34.4. The Kier molecular flexibility index (Phi) is 39.6. The summed E-state index contributed by atoms with van der Waals surface area (Å²) in [7, 11) is 13.5. The lowest BCUT2D eigenvalue weighted by Gasteiger charge is -2.48. The third-order valence-electron chi connectivity index (χ3n) is 34.4. The Bertz CT molecular complexity index is 4210. The molecular formula is C112H172O18. The highest BCUT2D eigenvalue weighted by molar-refractivity contribution is 5.55. The van der Waals surface area contributed by atoms with E-state index in [0.29, 0.717) is 117 Å². The number of aliphatic hydroxyl groups excluding tert-OH is 7. The smallest absolute Gasteiger partial charge is 0.161 e. The summed E-state index contributed by atoms with van der Waals surface area (Å²) < 4.78 is 48.1. The molecule has 18 nitrogen and oxygen atoms in total. The molecule has 9 unspecified atom stereocenters. The van der Waals surface area contributed by atoms with Crippen LogP contribution < -0.4 is 18.9 Å². The van der Waals surface area contributed by atoms with Crippen molar-refractivity contribution in [3.63, 3.8) is 0 Å². The van der Waals surface area contributed by atoms with Crippen LogP contribution in [0.3, 0.4) is 0 Å². The van der Waals surface area contributed by atoms with Crippen LogP contribution in [0.15, 0.2) is 78.9 Å². The Balaban J connectivity index is 0.000000290. The Labute approximate surface area is 781 Å². The molecule has 18 heteroatoms. The average molecular weight is 1810 g/mol. The van der Waals surface area contributed by atoms with Gasteiger partial charge in [0.05, 0.1) is 71.2 Å². The number of benzene rings is 5. The summed E-state index contributed by atoms with van der Waals surface area (Å²) in [5.41, 5.74) is 10.4. The fourth-order valence-corrected chi connectivity index (χ4v) is 27.3. The van der Waals surface area contributed by atoms with Crippen molar-refractivity contribution >= 4 is 0 Å². The topological polar surface area (TPSA) is 276 Å². The Morgan fingerprint density at radius 2 is 1.09 bits per heavy atom. The summed E-state index contributed by atoms with van der Waals surface area (Å²) in [4.78, 5) is 0. The van der Waals surface area contributed by atoms with E-state index in [2.05, 4.69) is 77.1 Å². The van der Waals surface area contributed by atoms with Gasteiger partial charge in [0, 0.05) is 101 Å². The minimum Gasteiger partial charge on any atom is -0.508 e. The molecule has 10 N–H and O–H groups in total. The maximum atomic E-state index is 12.7. The van der Waals surface area contributed by atoms with Crippen molar-refractivity contribution in [2.24, 2.45) is 88.3 Å². The first-order valence-electron chi connectivity index (χ1n) is 51.4. The average Bonchev–Trinajstić information content (AvgIpc) is 1.11. The van der Waals surface area contributed by atoms with Crippen molar-refractivity contribution in [3.8, 4) is 40.2 Å². The van der Waals surface area contributed by atoms with Gasteiger partial charge in [0.1, 0.15) is 40.2 Å². The van der Waals surface area contributed by atoms with Gasteiger partial charge in [-0.2, -0.15) is 0 Å². The molecule has 0 aliphatic heterocycles. The standard InChI is InChI=1S/C72H112O14.C40H60O4/c1-41-27-45(31-48(75)28-41)52-16-14-20-57(71(80)86-11)61-36-63(69(85-10)38-66(61)78)55(56-24-22-49(82-7)33-67(56)83-8)19-13-17-53(46-32-70(79)72(4,5)39-46)62-35-59(65(77)37-68(62)84-9)51(44(25-26-73)40-81-6)15-12-18-54(50-23-21-47(74)29-42(50)2)60-34-58(52)43(3)30-64(60)76;1-43-39-27-37(41)33-16-6-3-5-11-29-12-9-13-30(23-29)19-20-31-14-10-15-32(24-31)21-22-34-26-36(40(44-2)28-38(34)42)18-8-4-7-17-35(39)25-33/h22,24,30,33-34,36,38,41-42,44-48,50-55,57,59,62,65,68,70-71,73-80H,12-21,23,25-29,31-32,35,37,39-40H2,1-11H3;9,12-13,23,26,28,31-33,35,37,39,41-42H,3-8,10-11,14-22,24-25,27H2,1-2H3/t41-,42-,44-,45+,46+,47?,48?,50+,51-,52-,53+,54+,55-,57-,59-,62+,65-,68+,70?,71+;/m0./s1. The molecule has 8 aliphatic rings. The number of ether oxygens (including phenoxy) is 8. The van der Waals surface area contributed by atoms with Crippen molar-refractivity contribution < 1.29 is 89.0 Å².